The van der Waals surface area contributed by atoms with Gasteiger partial charge in [0, 0.05) is 42.7 Å². The Hall–Kier alpha value is -1.69. The lowest BCUT2D eigenvalue weighted by atomic mass is 9.98. The van der Waals surface area contributed by atoms with Crippen LogP contribution in [0, 0.1) is 6.92 Å². The summed E-state index contributed by atoms with van der Waals surface area (Å²) in [7, 11) is 3.70. The van der Waals surface area contributed by atoms with Crippen molar-refractivity contribution in [3.8, 4) is 0 Å². The quantitative estimate of drug-likeness (QED) is 0.876. The number of aryl methyl sites for hydroxylation is 1. The Bertz CT molecular complexity index is 651. The van der Waals surface area contributed by atoms with Crippen LogP contribution in [0.2, 0.25) is 0 Å². The molecular weight excluding hydrogens is 284 g/mol. The molecule has 0 fully saturated rings. The monoisotopic (exact) mass is 306 g/mol. The molecule has 0 aliphatic carbocycles. The smallest absolute Gasteiger partial charge is 0.273 e. The van der Waals surface area contributed by atoms with Gasteiger partial charge in [0.05, 0.1) is 11.2 Å². The minimum Gasteiger partial charge on any atom is -0.336 e. The third kappa shape index (κ3) is 3.32. The van der Waals surface area contributed by atoms with Crippen LogP contribution in [0.25, 0.3) is 0 Å². The third-order valence-electron chi connectivity index (χ3n) is 3.46. The molecule has 0 aromatic carbocycles. The number of rotatable bonds is 3. The maximum atomic E-state index is 12.5. The minimum atomic E-state index is -0.0509. The second-order valence-corrected chi connectivity index (χ2v) is 7.19. The standard InChI is InChI=1S/C15H22N4OS/c1-10-11(7-16-19(10)6)8-18(5)13(20)12-9-21-14(17-12)15(2,3)4/h7,9H,8H2,1-6H3. The number of carbonyl (C=O) groups is 1. The van der Waals surface area contributed by atoms with Crippen molar-refractivity contribution in [2.24, 2.45) is 7.05 Å². The predicted molar refractivity (Wildman–Crippen MR) is 84.6 cm³/mol. The summed E-state index contributed by atoms with van der Waals surface area (Å²) >= 11 is 1.54. The molecule has 6 heteroatoms. The summed E-state index contributed by atoms with van der Waals surface area (Å²) in [6.45, 7) is 8.84. The Kier molecular flexibility index (Phi) is 4.18. The number of nitrogens with zero attached hydrogens (tertiary/aromatic N) is 4. The molecule has 2 aromatic rings. The van der Waals surface area contributed by atoms with Crippen LogP contribution < -0.4 is 0 Å². The fourth-order valence-electron chi connectivity index (χ4n) is 1.94. The minimum absolute atomic E-state index is 0.0261. The fourth-order valence-corrected chi connectivity index (χ4v) is 2.82. The average Bonchev–Trinajstić information content (AvgIpc) is 3.00. The van der Waals surface area contributed by atoms with E-state index in [0.717, 1.165) is 16.3 Å². The Morgan fingerprint density at radius 1 is 1.43 bits per heavy atom. The maximum absolute atomic E-state index is 12.5. The lowest BCUT2D eigenvalue weighted by Gasteiger charge is -2.16. The van der Waals surface area contributed by atoms with Gasteiger partial charge in [0.25, 0.3) is 5.91 Å². The fraction of sp³-hybridized carbons (Fsp3) is 0.533. The first kappa shape index (κ1) is 15.7. The van der Waals surface area contributed by atoms with Crippen molar-refractivity contribution in [2.75, 3.05) is 7.05 Å². The lowest BCUT2D eigenvalue weighted by molar-refractivity contribution is 0.0779. The molecule has 0 aliphatic heterocycles. The first-order valence-electron chi connectivity index (χ1n) is 6.89. The number of hydrogen-bond acceptors (Lipinski definition) is 4. The molecule has 0 atom stereocenters. The number of aromatic nitrogens is 3. The van der Waals surface area contributed by atoms with E-state index in [4.69, 9.17) is 0 Å². The molecular formula is C15H22N4OS. The van der Waals surface area contributed by atoms with Crippen LogP contribution in [0.4, 0.5) is 0 Å². The Morgan fingerprint density at radius 3 is 2.57 bits per heavy atom. The van der Waals surface area contributed by atoms with Gasteiger partial charge in [-0.25, -0.2) is 4.98 Å². The zero-order valence-electron chi connectivity index (χ0n) is 13.5. The molecule has 5 nitrogen and oxygen atoms in total. The predicted octanol–water partition coefficient (Wildman–Crippen LogP) is 2.75. The van der Waals surface area contributed by atoms with E-state index >= 15 is 0 Å². The van der Waals surface area contributed by atoms with Gasteiger partial charge in [-0.3, -0.25) is 9.48 Å². The van der Waals surface area contributed by atoms with Gasteiger partial charge in [0.2, 0.25) is 0 Å². The zero-order valence-corrected chi connectivity index (χ0v) is 14.3. The molecule has 2 rings (SSSR count). The number of carbonyl (C=O) groups excluding carboxylic acids is 1. The highest BCUT2D eigenvalue weighted by Crippen LogP contribution is 2.26. The third-order valence-corrected chi connectivity index (χ3v) is 4.72. The van der Waals surface area contributed by atoms with Crippen LogP contribution in [0.5, 0.6) is 0 Å². The summed E-state index contributed by atoms with van der Waals surface area (Å²) in [5, 5.41) is 7.03. The SMILES string of the molecule is Cc1c(CN(C)C(=O)c2csc(C(C)(C)C)n2)cnn1C. The summed E-state index contributed by atoms with van der Waals surface area (Å²) in [4.78, 5) is 18.6. The van der Waals surface area contributed by atoms with Gasteiger partial charge in [-0.15, -0.1) is 11.3 Å². The van der Waals surface area contributed by atoms with Crippen LogP contribution in [0.1, 0.15) is 47.5 Å². The van der Waals surface area contributed by atoms with Gasteiger partial charge in [-0.1, -0.05) is 20.8 Å². The molecule has 0 N–H and O–H groups in total. The van der Waals surface area contributed by atoms with E-state index in [-0.39, 0.29) is 11.3 Å². The summed E-state index contributed by atoms with van der Waals surface area (Å²) in [5.41, 5.74) is 2.62. The molecule has 2 aromatic heterocycles. The highest BCUT2D eigenvalue weighted by Gasteiger charge is 2.22. The van der Waals surface area contributed by atoms with E-state index < -0.39 is 0 Å². The summed E-state index contributed by atoms with van der Waals surface area (Å²) in [6.07, 6.45) is 1.81. The van der Waals surface area contributed by atoms with E-state index in [2.05, 4.69) is 30.9 Å². The summed E-state index contributed by atoms with van der Waals surface area (Å²) < 4.78 is 1.81. The summed E-state index contributed by atoms with van der Waals surface area (Å²) in [6, 6.07) is 0. The average molecular weight is 306 g/mol. The van der Waals surface area contributed by atoms with Crippen LogP contribution >= 0.6 is 11.3 Å². The number of thiazole rings is 1. The van der Waals surface area contributed by atoms with Crippen molar-refractivity contribution < 1.29 is 4.79 Å². The molecule has 114 valence electrons. The van der Waals surface area contributed by atoms with Crippen LogP contribution in [0.3, 0.4) is 0 Å². The van der Waals surface area contributed by atoms with Gasteiger partial charge < -0.3 is 4.90 Å². The molecule has 2 heterocycles. The Labute approximate surface area is 129 Å². The van der Waals surface area contributed by atoms with Gasteiger partial charge in [-0.05, 0) is 6.92 Å². The first-order valence-corrected chi connectivity index (χ1v) is 7.77. The maximum Gasteiger partial charge on any atom is 0.273 e. The second-order valence-electron chi connectivity index (χ2n) is 6.33. The van der Waals surface area contributed by atoms with Gasteiger partial charge in [0.1, 0.15) is 5.69 Å². The second kappa shape index (κ2) is 5.60. The largest absolute Gasteiger partial charge is 0.336 e. The van der Waals surface area contributed by atoms with Gasteiger partial charge in [-0.2, -0.15) is 5.10 Å². The van der Waals surface area contributed by atoms with E-state index in [1.54, 1.807) is 29.5 Å². The van der Waals surface area contributed by atoms with Crippen LogP contribution in [0.15, 0.2) is 11.6 Å². The Morgan fingerprint density at radius 2 is 2.10 bits per heavy atom. The highest BCUT2D eigenvalue weighted by atomic mass is 32.1. The van der Waals surface area contributed by atoms with Crippen molar-refractivity contribution in [2.45, 2.75) is 39.7 Å². The molecule has 0 saturated carbocycles. The van der Waals surface area contributed by atoms with Gasteiger partial charge >= 0.3 is 0 Å². The van der Waals surface area contributed by atoms with Crippen molar-refractivity contribution in [1.29, 1.82) is 0 Å². The normalized spacial score (nSPS) is 11.7. The van der Waals surface area contributed by atoms with Crippen LogP contribution in [-0.2, 0) is 19.0 Å². The van der Waals surface area contributed by atoms with E-state index in [9.17, 15) is 4.79 Å². The van der Waals surface area contributed by atoms with E-state index in [1.807, 2.05) is 24.0 Å². The topological polar surface area (TPSA) is 51.0 Å². The van der Waals surface area contributed by atoms with E-state index in [0.29, 0.717) is 12.2 Å². The van der Waals surface area contributed by atoms with Crippen molar-refractivity contribution in [3.63, 3.8) is 0 Å². The van der Waals surface area contributed by atoms with Gasteiger partial charge in [0.15, 0.2) is 0 Å². The van der Waals surface area contributed by atoms with Crippen molar-refractivity contribution in [1.82, 2.24) is 19.7 Å². The van der Waals surface area contributed by atoms with E-state index in [1.165, 1.54) is 0 Å². The highest BCUT2D eigenvalue weighted by molar-refractivity contribution is 7.10. The molecule has 0 aliphatic rings. The lowest BCUT2D eigenvalue weighted by Crippen LogP contribution is -2.27. The molecule has 0 bridgehead atoms. The Balaban J connectivity index is 2.12. The molecule has 0 spiro atoms. The molecule has 1 amide bonds. The zero-order chi connectivity index (χ0) is 15.8. The number of amides is 1. The molecule has 21 heavy (non-hydrogen) atoms. The molecule has 0 radical (unpaired) electrons. The first-order chi connectivity index (χ1) is 9.70. The van der Waals surface area contributed by atoms with Crippen molar-refractivity contribution in [3.05, 3.63) is 33.5 Å². The number of hydrogen-bond donors (Lipinski definition) is 0. The molecule has 0 saturated heterocycles. The summed E-state index contributed by atoms with van der Waals surface area (Å²) in [5.74, 6) is -0.0509. The molecule has 0 unspecified atom stereocenters. The van der Waals surface area contributed by atoms with Crippen LogP contribution in [-0.4, -0.2) is 32.6 Å². The van der Waals surface area contributed by atoms with Crippen molar-refractivity contribution >= 4 is 17.2 Å².